The number of aromatic carboxylic acids is 1. The molecule has 2 aromatic heterocycles. The lowest BCUT2D eigenvalue weighted by molar-refractivity contribution is 0.0695. The molecule has 0 atom stereocenters. The number of aromatic nitrogens is 2. The fourth-order valence-corrected chi connectivity index (χ4v) is 4.74. The molecule has 0 spiro atoms. The van der Waals surface area contributed by atoms with E-state index >= 15 is 4.39 Å². The molecule has 0 bridgehead atoms. The maximum absolute atomic E-state index is 15.2. The van der Waals surface area contributed by atoms with Crippen LogP contribution in [0.3, 0.4) is 0 Å². The van der Waals surface area contributed by atoms with Crippen LogP contribution >= 0.6 is 0 Å². The summed E-state index contributed by atoms with van der Waals surface area (Å²) in [6.45, 7) is 6.66. The second-order valence-corrected chi connectivity index (χ2v) is 9.32. The summed E-state index contributed by atoms with van der Waals surface area (Å²) < 4.78 is 16.7. The summed E-state index contributed by atoms with van der Waals surface area (Å²) in [5.41, 5.74) is 0.678. The highest BCUT2D eigenvalue weighted by atomic mass is 19.1. The zero-order valence-corrected chi connectivity index (χ0v) is 19.9. The van der Waals surface area contributed by atoms with Gasteiger partial charge in [0, 0.05) is 58.6 Å². The molecule has 0 aliphatic carbocycles. The molecule has 4 heterocycles. The highest BCUT2D eigenvalue weighted by Gasteiger charge is 2.22. The summed E-state index contributed by atoms with van der Waals surface area (Å²) in [6, 6.07) is 6.55. The van der Waals surface area contributed by atoms with Gasteiger partial charge in [0.2, 0.25) is 5.43 Å². The van der Waals surface area contributed by atoms with Crippen molar-refractivity contribution in [1.82, 2.24) is 19.4 Å². The molecular weight excluding hydrogens is 451 g/mol. The number of anilines is 2. The summed E-state index contributed by atoms with van der Waals surface area (Å²) in [4.78, 5) is 38.0. The van der Waals surface area contributed by atoms with Crippen molar-refractivity contribution in [2.45, 2.75) is 0 Å². The van der Waals surface area contributed by atoms with Crippen molar-refractivity contribution in [3.8, 4) is 5.82 Å². The van der Waals surface area contributed by atoms with Crippen molar-refractivity contribution in [2.75, 3.05) is 76.3 Å². The lowest BCUT2D eigenvalue weighted by atomic mass is 10.1. The number of hydrogen-bond acceptors (Lipinski definition) is 7. The van der Waals surface area contributed by atoms with Gasteiger partial charge >= 0.3 is 5.97 Å². The number of pyridine rings is 2. The van der Waals surface area contributed by atoms with Crippen LogP contribution in [0.4, 0.5) is 15.8 Å². The number of piperazine rings is 2. The van der Waals surface area contributed by atoms with E-state index in [1.807, 2.05) is 24.1 Å². The van der Waals surface area contributed by atoms with Gasteiger partial charge in [-0.1, -0.05) is 0 Å². The normalized spacial score (nSPS) is 17.8. The number of carboxylic acids is 1. The Kier molecular flexibility index (Phi) is 6.16. The van der Waals surface area contributed by atoms with E-state index < -0.39 is 22.8 Å². The number of halogens is 1. The summed E-state index contributed by atoms with van der Waals surface area (Å²) >= 11 is 0. The van der Waals surface area contributed by atoms with Gasteiger partial charge in [-0.25, -0.2) is 14.2 Å². The van der Waals surface area contributed by atoms with Crippen LogP contribution in [0.15, 0.2) is 41.5 Å². The summed E-state index contributed by atoms with van der Waals surface area (Å²) in [5, 5.41) is 9.65. The second-order valence-electron chi connectivity index (χ2n) is 9.32. The first-order chi connectivity index (χ1) is 16.8. The third kappa shape index (κ3) is 4.46. The van der Waals surface area contributed by atoms with Gasteiger partial charge in [-0.2, -0.15) is 0 Å². The van der Waals surface area contributed by atoms with E-state index in [2.05, 4.69) is 26.7 Å². The highest BCUT2D eigenvalue weighted by molar-refractivity contribution is 5.94. The Labute approximate surface area is 202 Å². The Morgan fingerprint density at radius 3 is 2.14 bits per heavy atom. The molecule has 0 radical (unpaired) electrons. The van der Waals surface area contributed by atoms with E-state index in [9.17, 15) is 14.7 Å². The van der Waals surface area contributed by atoms with Crippen molar-refractivity contribution in [1.29, 1.82) is 0 Å². The Morgan fingerprint density at radius 1 is 0.943 bits per heavy atom. The number of rotatable bonds is 4. The molecule has 184 valence electrons. The molecule has 0 amide bonds. The predicted octanol–water partition coefficient (Wildman–Crippen LogP) is 1.73. The van der Waals surface area contributed by atoms with Crippen LogP contribution in [0.2, 0.25) is 0 Å². The fraction of sp³-hybridized carbons (Fsp3) is 0.400. The first kappa shape index (κ1) is 23.3. The maximum atomic E-state index is 15.2. The van der Waals surface area contributed by atoms with Crippen LogP contribution in [0.1, 0.15) is 10.4 Å². The van der Waals surface area contributed by atoms with Crippen LogP contribution in [0.5, 0.6) is 0 Å². The predicted molar refractivity (Wildman–Crippen MR) is 134 cm³/mol. The number of nitrogens with zero attached hydrogens (tertiary/aromatic N) is 6. The number of carboxylic acid groups (broad SMARTS) is 1. The largest absolute Gasteiger partial charge is 0.477 e. The van der Waals surface area contributed by atoms with Gasteiger partial charge in [0.05, 0.1) is 28.5 Å². The molecule has 1 aromatic carbocycles. The van der Waals surface area contributed by atoms with E-state index in [1.54, 1.807) is 16.8 Å². The van der Waals surface area contributed by atoms with Crippen molar-refractivity contribution in [3.05, 3.63) is 58.3 Å². The zero-order chi connectivity index (χ0) is 24.7. The molecule has 0 saturated carbocycles. The topological polar surface area (TPSA) is 85.1 Å². The van der Waals surface area contributed by atoms with E-state index in [0.717, 1.165) is 51.0 Å². The smallest absolute Gasteiger partial charge is 0.341 e. The Bertz CT molecular complexity index is 1310. The molecule has 2 aliphatic rings. The van der Waals surface area contributed by atoms with Crippen molar-refractivity contribution < 1.29 is 14.3 Å². The SMILES string of the molecule is CN1CCN(c2ccc(-n3cc(C(=O)O)c(=O)c4cc(F)c(N5CCN(C)CC5)cc43)nc2)CC1. The Balaban J connectivity index is 1.60. The van der Waals surface area contributed by atoms with Gasteiger partial charge in [-0.15, -0.1) is 0 Å². The lowest BCUT2D eigenvalue weighted by Crippen LogP contribution is -2.44. The Morgan fingerprint density at radius 2 is 1.57 bits per heavy atom. The third-order valence-electron chi connectivity index (χ3n) is 6.99. The minimum atomic E-state index is -1.36. The maximum Gasteiger partial charge on any atom is 0.341 e. The number of benzene rings is 1. The number of hydrogen-bond donors (Lipinski definition) is 1. The van der Waals surface area contributed by atoms with Gasteiger partial charge < -0.3 is 29.3 Å². The quantitative estimate of drug-likeness (QED) is 0.605. The number of fused-ring (bicyclic) bond motifs is 1. The summed E-state index contributed by atoms with van der Waals surface area (Å²) in [7, 11) is 4.12. The van der Waals surface area contributed by atoms with E-state index in [1.165, 1.54) is 6.20 Å². The van der Waals surface area contributed by atoms with E-state index in [-0.39, 0.29) is 5.39 Å². The molecule has 35 heavy (non-hydrogen) atoms. The fourth-order valence-electron chi connectivity index (χ4n) is 4.74. The van der Waals surface area contributed by atoms with E-state index in [0.29, 0.717) is 30.1 Å². The monoisotopic (exact) mass is 480 g/mol. The molecule has 2 saturated heterocycles. The van der Waals surface area contributed by atoms with Gasteiger partial charge in [0.15, 0.2) is 0 Å². The van der Waals surface area contributed by atoms with Gasteiger partial charge in [0.1, 0.15) is 17.2 Å². The molecular formula is C25H29FN6O3. The summed E-state index contributed by atoms with van der Waals surface area (Å²) in [5.74, 6) is -1.43. The second kappa shape index (κ2) is 9.27. The standard InChI is InChI=1S/C25H29FN6O3/c1-28-5-9-30(10-6-28)17-3-4-23(27-15-17)32-16-19(25(34)35)24(33)18-13-20(26)22(14-21(18)32)31-11-7-29(2)8-12-31/h3-4,13-16H,5-12H2,1-2H3,(H,34,35). The lowest BCUT2D eigenvalue weighted by Gasteiger charge is -2.34. The van der Waals surface area contributed by atoms with Gasteiger partial charge in [0.25, 0.3) is 0 Å². The molecule has 1 N–H and O–H groups in total. The first-order valence-electron chi connectivity index (χ1n) is 11.8. The van der Waals surface area contributed by atoms with Gasteiger partial charge in [-0.3, -0.25) is 4.79 Å². The number of likely N-dealkylation sites (N-methyl/N-ethyl adjacent to an activating group) is 2. The van der Waals surface area contributed by atoms with Crippen LogP contribution < -0.4 is 15.2 Å². The van der Waals surface area contributed by atoms with Crippen LogP contribution in [-0.4, -0.2) is 96.9 Å². The first-order valence-corrected chi connectivity index (χ1v) is 11.8. The number of carbonyl (C=O) groups is 1. The Hall–Kier alpha value is -3.50. The average molecular weight is 481 g/mol. The molecule has 2 fully saturated rings. The molecule has 5 rings (SSSR count). The third-order valence-corrected chi connectivity index (χ3v) is 6.99. The van der Waals surface area contributed by atoms with E-state index in [4.69, 9.17) is 0 Å². The molecule has 3 aromatic rings. The molecule has 0 unspecified atom stereocenters. The van der Waals surface area contributed by atoms with Crippen LogP contribution in [-0.2, 0) is 0 Å². The summed E-state index contributed by atoms with van der Waals surface area (Å²) in [6.07, 6.45) is 3.05. The van der Waals surface area contributed by atoms with Crippen molar-refractivity contribution in [3.63, 3.8) is 0 Å². The molecule has 9 nitrogen and oxygen atoms in total. The highest BCUT2D eigenvalue weighted by Crippen LogP contribution is 2.28. The van der Waals surface area contributed by atoms with Crippen LogP contribution in [0.25, 0.3) is 16.7 Å². The molecule has 10 heteroatoms. The molecule has 2 aliphatic heterocycles. The van der Waals surface area contributed by atoms with Crippen LogP contribution in [0, 0.1) is 5.82 Å². The minimum absolute atomic E-state index is 0.0187. The minimum Gasteiger partial charge on any atom is -0.477 e. The van der Waals surface area contributed by atoms with Crippen molar-refractivity contribution >= 4 is 28.2 Å². The van der Waals surface area contributed by atoms with Crippen molar-refractivity contribution in [2.24, 2.45) is 0 Å². The van der Waals surface area contributed by atoms with Gasteiger partial charge in [-0.05, 0) is 38.4 Å². The average Bonchev–Trinajstić information content (AvgIpc) is 2.85. The zero-order valence-electron chi connectivity index (χ0n) is 19.9.